The minimum Gasteiger partial charge on any atom is -0.493 e. The third-order valence-corrected chi connectivity index (χ3v) is 6.63. The van der Waals surface area contributed by atoms with E-state index in [1.54, 1.807) is 37.3 Å². The van der Waals surface area contributed by atoms with Crippen molar-refractivity contribution in [3.05, 3.63) is 104 Å². The van der Waals surface area contributed by atoms with Crippen LogP contribution in [-0.2, 0) is 6.42 Å². The number of halogens is 1. The third kappa shape index (κ3) is 3.76. The predicted molar refractivity (Wildman–Crippen MR) is 133 cm³/mol. The molecule has 0 spiro atoms. The molecule has 3 aromatic carbocycles. The monoisotopic (exact) mass is 519 g/mol. The second-order valence-electron chi connectivity index (χ2n) is 8.07. The SMILES string of the molecule is COc1ccc(CCN2C(=O)c3oc4ccc(Br)cc4c(=O)c3C2c2ccccc2)cc1OC. The molecule has 0 aliphatic carbocycles. The summed E-state index contributed by atoms with van der Waals surface area (Å²) in [6.07, 6.45) is 0.572. The lowest BCUT2D eigenvalue weighted by molar-refractivity contribution is 0.0730. The molecular formula is C27H22BrNO5. The maximum Gasteiger partial charge on any atom is 0.290 e. The summed E-state index contributed by atoms with van der Waals surface area (Å²) in [6.45, 7) is 0.400. The van der Waals surface area contributed by atoms with Crippen LogP contribution in [0.5, 0.6) is 11.5 Å². The van der Waals surface area contributed by atoms with E-state index in [-0.39, 0.29) is 17.1 Å². The largest absolute Gasteiger partial charge is 0.493 e. The summed E-state index contributed by atoms with van der Waals surface area (Å²) in [5, 5.41) is 0.448. The zero-order valence-electron chi connectivity index (χ0n) is 18.7. The number of hydrogen-bond acceptors (Lipinski definition) is 5. The molecule has 0 bridgehead atoms. The van der Waals surface area contributed by atoms with E-state index in [1.807, 2.05) is 48.5 Å². The highest BCUT2D eigenvalue weighted by Crippen LogP contribution is 2.38. The molecule has 6 nitrogen and oxygen atoms in total. The van der Waals surface area contributed by atoms with E-state index in [1.165, 1.54) is 0 Å². The van der Waals surface area contributed by atoms with E-state index >= 15 is 0 Å². The Labute approximate surface area is 204 Å². The Balaban J connectivity index is 1.58. The molecule has 7 heteroatoms. The molecule has 0 saturated carbocycles. The fourth-order valence-corrected chi connectivity index (χ4v) is 4.85. The van der Waals surface area contributed by atoms with Gasteiger partial charge >= 0.3 is 0 Å². The second-order valence-corrected chi connectivity index (χ2v) is 8.98. The summed E-state index contributed by atoms with van der Waals surface area (Å²) < 4.78 is 17.5. The van der Waals surface area contributed by atoms with E-state index < -0.39 is 6.04 Å². The molecule has 1 aliphatic rings. The molecule has 0 N–H and O–H groups in total. The van der Waals surface area contributed by atoms with Crippen molar-refractivity contribution in [1.29, 1.82) is 0 Å². The van der Waals surface area contributed by atoms with E-state index in [0.717, 1.165) is 15.6 Å². The van der Waals surface area contributed by atoms with Gasteiger partial charge in [0.1, 0.15) is 5.58 Å². The number of amides is 1. The van der Waals surface area contributed by atoms with Crippen molar-refractivity contribution in [3.63, 3.8) is 0 Å². The average molecular weight is 520 g/mol. The molecule has 172 valence electrons. The Morgan fingerprint density at radius 1 is 0.941 bits per heavy atom. The van der Waals surface area contributed by atoms with Crippen molar-refractivity contribution in [3.8, 4) is 11.5 Å². The molecule has 2 heterocycles. The number of nitrogens with zero attached hydrogens (tertiary/aromatic N) is 1. The fraction of sp³-hybridized carbons (Fsp3) is 0.185. The van der Waals surface area contributed by atoms with Crippen LogP contribution in [0.1, 0.15) is 33.3 Å². The zero-order chi connectivity index (χ0) is 23.8. The molecule has 5 rings (SSSR count). The molecule has 0 radical (unpaired) electrons. The third-order valence-electron chi connectivity index (χ3n) is 6.13. The lowest BCUT2D eigenvalue weighted by Crippen LogP contribution is -2.31. The highest BCUT2D eigenvalue weighted by molar-refractivity contribution is 9.10. The number of rotatable bonds is 6. The molecule has 0 saturated heterocycles. The van der Waals surface area contributed by atoms with Gasteiger partial charge in [0.25, 0.3) is 5.91 Å². The molecule has 0 fully saturated rings. The van der Waals surface area contributed by atoms with Crippen LogP contribution in [0.3, 0.4) is 0 Å². The first kappa shape index (κ1) is 22.2. The van der Waals surface area contributed by atoms with Crippen molar-refractivity contribution in [2.45, 2.75) is 12.5 Å². The Hall–Kier alpha value is -3.58. The highest BCUT2D eigenvalue weighted by Gasteiger charge is 2.42. The maximum atomic E-state index is 13.6. The predicted octanol–water partition coefficient (Wildman–Crippen LogP) is 5.36. The first-order chi connectivity index (χ1) is 16.5. The van der Waals surface area contributed by atoms with Crippen LogP contribution in [0.25, 0.3) is 11.0 Å². The lowest BCUT2D eigenvalue weighted by atomic mass is 9.98. The van der Waals surface area contributed by atoms with E-state index in [4.69, 9.17) is 13.9 Å². The number of ether oxygens (including phenoxy) is 2. The summed E-state index contributed by atoms with van der Waals surface area (Å²) in [6, 6.07) is 20.0. The summed E-state index contributed by atoms with van der Waals surface area (Å²) in [7, 11) is 3.18. The van der Waals surface area contributed by atoms with Crippen molar-refractivity contribution < 1.29 is 18.7 Å². The van der Waals surface area contributed by atoms with Gasteiger partial charge in [-0.25, -0.2) is 0 Å². The van der Waals surface area contributed by atoms with Crippen LogP contribution >= 0.6 is 15.9 Å². The quantitative estimate of drug-likeness (QED) is 0.343. The molecule has 1 atom stereocenters. The van der Waals surface area contributed by atoms with Crippen LogP contribution in [-0.4, -0.2) is 31.6 Å². The van der Waals surface area contributed by atoms with Gasteiger partial charge in [0.15, 0.2) is 16.9 Å². The van der Waals surface area contributed by atoms with Gasteiger partial charge in [0.05, 0.1) is 31.2 Å². The van der Waals surface area contributed by atoms with Crippen LogP contribution < -0.4 is 14.9 Å². The van der Waals surface area contributed by atoms with Crippen LogP contribution in [0.4, 0.5) is 0 Å². The first-order valence-electron chi connectivity index (χ1n) is 10.8. The molecule has 34 heavy (non-hydrogen) atoms. The minimum atomic E-state index is -0.525. The van der Waals surface area contributed by atoms with Crippen molar-refractivity contribution in [2.75, 3.05) is 20.8 Å². The fourth-order valence-electron chi connectivity index (χ4n) is 4.49. The van der Waals surface area contributed by atoms with Crippen LogP contribution in [0, 0.1) is 0 Å². The van der Waals surface area contributed by atoms with E-state index in [2.05, 4.69) is 15.9 Å². The molecule has 1 amide bonds. The van der Waals surface area contributed by atoms with Gasteiger partial charge in [-0.2, -0.15) is 0 Å². The second kappa shape index (κ2) is 8.99. The lowest BCUT2D eigenvalue weighted by Gasteiger charge is -2.25. The summed E-state index contributed by atoms with van der Waals surface area (Å²) >= 11 is 3.43. The minimum absolute atomic E-state index is 0.112. The normalized spacial score (nSPS) is 15.0. The molecule has 1 unspecified atom stereocenters. The average Bonchev–Trinajstić information content (AvgIpc) is 3.15. The highest BCUT2D eigenvalue weighted by atomic mass is 79.9. The Morgan fingerprint density at radius 2 is 1.71 bits per heavy atom. The Kier molecular flexibility index (Phi) is 5.87. The van der Waals surface area contributed by atoms with Crippen LogP contribution in [0.15, 0.2) is 80.4 Å². The zero-order valence-corrected chi connectivity index (χ0v) is 20.3. The number of fused-ring (bicyclic) bond motifs is 2. The van der Waals surface area contributed by atoms with E-state index in [9.17, 15) is 9.59 Å². The smallest absolute Gasteiger partial charge is 0.290 e. The van der Waals surface area contributed by atoms with Gasteiger partial charge in [0, 0.05) is 11.0 Å². The Morgan fingerprint density at radius 3 is 2.44 bits per heavy atom. The van der Waals surface area contributed by atoms with Crippen molar-refractivity contribution in [2.24, 2.45) is 0 Å². The summed E-state index contributed by atoms with van der Waals surface area (Å²) in [5.41, 5.74) is 2.45. The maximum absolute atomic E-state index is 13.6. The molecule has 1 aliphatic heterocycles. The van der Waals surface area contributed by atoms with Crippen LogP contribution in [0.2, 0.25) is 0 Å². The van der Waals surface area contributed by atoms with Gasteiger partial charge in [-0.15, -0.1) is 0 Å². The number of benzene rings is 3. The number of carbonyl (C=O) groups is 1. The standard InChI is InChI=1S/C27H22BrNO5/c1-32-21-10-8-16(14-22(21)33-2)12-13-29-24(17-6-4-3-5-7-17)23-25(30)19-15-18(28)9-11-20(19)34-26(23)27(29)31/h3-11,14-15,24H,12-13H2,1-2H3. The van der Waals surface area contributed by atoms with Gasteiger partial charge in [0.2, 0.25) is 5.76 Å². The first-order valence-corrected chi connectivity index (χ1v) is 11.6. The molecule has 4 aromatic rings. The Bertz CT molecular complexity index is 1450. The van der Waals surface area contributed by atoms with Gasteiger partial charge < -0.3 is 18.8 Å². The van der Waals surface area contributed by atoms with Gasteiger partial charge in [-0.05, 0) is 47.9 Å². The molecule has 1 aromatic heterocycles. The van der Waals surface area contributed by atoms with Gasteiger partial charge in [-0.3, -0.25) is 9.59 Å². The summed E-state index contributed by atoms with van der Waals surface area (Å²) in [5.74, 6) is 1.10. The number of carbonyl (C=O) groups excluding carboxylic acids is 1. The van der Waals surface area contributed by atoms with Crippen molar-refractivity contribution >= 4 is 32.8 Å². The van der Waals surface area contributed by atoms with E-state index in [0.29, 0.717) is 41.0 Å². The van der Waals surface area contributed by atoms with Crippen molar-refractivity contribution in [1.82, 2.24) is 4.90 Å². The number of hydrogen-bond donors (Lipinski definition) is 0. The number of methoxy groups -OCH3 is 2. The molecular weight excluding hydrogens is 498 g/mol. The summed E-state index contributed by atoms with van der Waals surface area (Å²) in [4.78, 5) is 28.8. The van der Waals surface area contributed by atoms with Gasteiger partial charge in [-0.1, -0.05) is 52.3 Å². The topological polar surface area (TPSA) is 69.0 Å².